The predicted octanol–water partition coefficient (Wildman–Crippen LogP) is 2.19. The molecule has 156 valence electrons. The average molecular weight is 427 g/mol. The lowest BCUT2D eigenvalue weighted by atomic mass is 10.2. The van der Waals surface area contributed by atoms with Gasteiger partial charge in [-0.1, -0.05) is 0 Å². The van der Waals surface area contributed by atoms with E-state index in [1.54, 1.807) is 25.0 Å². The Morgan fingerprint density at radius 1 is 1.30 bits per heavy atom. The fourth-order valence-corrected chi connectivity index (χ4v) is 3.96. The van der Waals surface area contributed by atoms with Crippen LogP contribution in [-0.4, -0.2) is 57.6 Å². The zero-order valence-electron chi connectivity index (χ0n) is 17.0. The van der Waals surface area contributed by atoms with Crippen molar-refractivity contribution in [1.29, 1.82) is 0 Å². The first-order valence-electron chi connectivity index (χ1n) is 9.37. The van der Waals surface area contributed by atoms with Crippen molar-refractivity contribution < 1.29 is 14.3 Å². The smallest absolute Gasteiger partial charge is 0.261 e. The molecule has 0 saturated heterocycles. The molecule has 4 heterocycles. The topological polar surface area (TPSA) is 96.1 Å². The number of fused-ring (bicyclic) bond motifs is 1. The monoisotopic (exact) mass is 426 g/mol. The van der Waals surface area contributed by atoms with Crippen molar-refractivity contribution in [2.24, 2.45) is 7.05 Å². The second kappa shape index (κ2) is 8.64. The van der Waals surface area contributed by atoms with E-state index in [2.05, 4.69) is 15.4 Å². The van der Waals surface area contributed by atoms with Gasteiger partial charge in [0.1, 0.15) is 17.9 Å². The Kier molecular flexibility index (Phi) is 5.77. The fraction of sp³-hybridized carbons (Fsp3) is 0.300. The van der Waals surface area contributed by atoms with E-state index >= 15 is 0 Å². The van der Waals surface area contributed by atoms with Gasteiger partial charge in [0.25, 0.3) is 5.91 Å². The van der Waals surface area contributed by atoms with Crippen molar-refractivity contribution in [3.05, 3.63) is 52.4 Å². The molecule has 4 aromatic rings. The number of amides is 1. The SMILES string of the molecule is CNC(=O)c1cc(Cc2nc(OCCOC)c3c(ccn3-c3cnn(C)c3)n2)cs1. The van der Waals surface area contributed by atoms with Gasteiger partial charge in [-0.2, -0.15) is 10.1 Å². The maximum Gasteiger partial charge on any atom is 0.261 e. The summed E-state index contributed by atoms with van der Waals surface area (Å²) < 4.78 is 14.8. The third-order valence-electron chi connectivity index (χ3n) is 4.51. The van der Waals surface area contributed by atoms with Crippen LogP contribution in [0.3, 0.4) is 0 Å². The molecule has 0 atom stereocenters. The molecule has 0 fully saturated rings. The number of nitrogens with one attached hydrogen (secondary N) is 1. The number of hydrogen-bond acceptors (Lipinski definition) is 7. The maximum absolute atomic E-state index is 11.8. The lowest BCUT2D eigenvalue weighted by Gasteiger charge is -2.10. The molecule has 0 spiro atoms. The van der Waals surface area contributed by atoms with Crippen LogP contribution < -0.4 is 10.1 Å². The van der Waals surface area contributed by atoms with Gasteiger partial charge in [-0.05, 0) is 23.1 Å². The molecule has 0 bridgehead atoms. The number of thiophene rings is 1. The minimum Gasteiger partial charge on any atom is -0.474 e. The molecule has 4 aromatic heterocycles. The highest BCUT2D eigenvalue weighted by Gasteiger charge is 2.17. The molecule has 9 nitrogen and oxygen atoms in total. The van der Waals surface area contributed by atoms with Crippen LogP contribution in [0.2, 0.25) is 0 Å². The van der Waals surface area contributed by atoms with Gasteiger partial charge in [-0.3, -0.25) is 9.48 Å². The number of aryl methyl sites for hydroxylation is 1. The summed E-state index contributed by atoms with van der Waals surface area (Å²) in [6.45, 7) is 0.827. The van der Waals surface area contributed by atoms with Gasteiger partial charge in [0.05, 0.1) is 28.9 Å². The average Bonchev–Trinajstić information content (AvgIpc) is 3.47. The Bertz CT molecular complexity index is 1180. The third-order valence-corrected chi connectivity index (χ3v) is 5.49. The zero-order valence-corrected chi connectivity index (χ0v) is 17.8. The first-order valence-corrected chi connectivity index (χ1v) is 10.2. The Morgan fingerprint density at radius 2 is 2.17 bits per heavy atom. The molecular weight excluding hydrogens is 404 g/mol. The fourth-order valence-electron chi connectivity index (χ4n) is 3.10. The first-order chi connectivity index (χ1) is 14.6. The summed E-state index contributed by atoms with van der Waals surface area (Å²) in [5, 5.41) is 8.83. The number of ether oxygens (including phenoxy) is 2. The maximum atomic E-state index is 11.8. The molecule has 0 unspecified atom stereocenters. The molecule has 0 radical (unpaired) electrons. The van der Waals surface area contributed by atoms with Crippen LogP contribution in [0.15, 0.2) is 36.1 Å². The normalized spacial score (nSPS) is 11.2. The Labute approximate surface area is 177 Å². The van der Waals surface area contributed by atoms with Crippen LogP contribution in [0.4, 0.5) is 0 Å². The molecule has 4 rings (SSSR count). The quantitative estimate of drug-likeness (QED) is 0.434. The summed E-state index contributed by atoms with van der Waals surface area (Å²) in [6, 6.07) is 3.80. The van der Waals surface area contributed by atoms with E-state index in [0.717, 1.165) is 22.3 Å². The Morgan fingerprint density at radius 3 is 2.90 bits per heavy atom. The summed E-state index contributed by atoms with van der Waals surface area (Å²) in [5.41, 5.74) is 3.43. The lowest BCUT2D eigenvalue weighted by Crippen LogP contribution is -2.16. The molecule has 0 aromatic carbocycles. The van der Waals surface area contributed by atoms with E-state index in [4.69, 9.17) is 14.5 Å². The van der Waals surface area contributed by atoms with E-state index in [-0.39, 0.29) is 5.91 Å². The number of hydrogen-bond donors (Lipinski definition) is 1. The van der Waals surface area contributed by atoms with E-state index in [0.29, 0.717) is 36.2 Å². The minimum absolute atomic E-state index is 0.0974. The third kappa shape index (κ3) is 4.05. The molecule has 0 saturated carbocycles. The zero-order chi connectivity index (χ0) is 21.1. The van der Waals surface area contributed by atoms with Crippen LogP contribution >= 0.6 is 11.3 Å². The largest absolute Gasteiger partial charge is 0.474 e. The van der Waals surface area contributed by atoms with Gasteiger partial charge in [0.2, 0.25) is 5.88 Å². The molecule has 1 amide bonds. The van der Waals surface area contributed by atoms with Crippen molar-refractivity contribution >= 4 is 28.3 Å². The number of aromatic nitrogens is 5. The highest BCUT2D eigenvalue weighted by molar-refractivity contribution is 7.12. The molecule has 0 aliphatic rings. The van der Waals surface area contributed by atoms with Gasteiger partial charge in [0.15, 0.2) is 0 Å². The molecule has 0 aliphatic heterocycles. The van der Waals surface area contributed by atoms with Gasteiger partial charge in [0, 0.05) is 40.0 Å². The molecule has 1 N–H and O–H groups in total. The summed E-state index contributed by atoms with van der Waals surface area (Å²) in [5.74, 6) is 1.02. The second-order valence-electron chi connectivity index (χ2n) is 6.65. The summed E-state index contributed by atoms with van der Waals surface area (Å²) in [6.07, 6.45) is 6.12. The van der Waals surface area contributed by atoms with E-state index in [1.165, 1.54) is 11.3 Å². The van der Waals surface area contributed by atoms with Crippen molar-refractivity contribution in [3.63, 3.8) is 0 Å². The van der Waals surface area contributed by atoms with Gasteiger partial charge < -0.3 is 19.4 Å². The molecule has 10 heteroatoms. The van der Waals surface area contributed by atoms with Gasteiger partial charge in [-0.15, -0.1) is 11.3 Å². The Hall–Kier alpha value is -3.24. The van der Waals surface area contributed by atoms with Crippen molar-refractivity contribution in [3.8, 4) is 11.6 Å². The molecular formula is C20H22N6O3S. The number of rotatable bonds is 8. The standard InChI is InChI=1S/C20H22N6O3S/c1-21-19(27)16-8-13(12-30-16)9-17-23-15-4-5-26(14-10-22-25(2)11-14)18(15)20(24-17)29-7-6-28-3/h4-5,8,10-12H,6-7,9H2,1-3H3,(H,21,27). The molecule has 0 aliphatic carbocycles. The van der Waals surface area contributed by atoms with Gasteiger partial charge >= 0.3 is 0 Å². The highest BCUT2D eigenvalue weighted by Crippen LogP contribution is 2.28. The summed E-state index contributed by atoms with van der Waals surface area (Å²) in [7, 11) is 5.12. The van der Waals surface area contributed by atoms with Crippen LogP contribution in [0.25, 0.3) is 16.7 Å². The van der Waals surface area contributed by atoms with E-state index < -0.39 is 0 Å². The van der Waals surface area contributed by atoms with Crippen LogP contribution in [-0.2, 0) is 18.2 Å². The summed E-state index contributed by atoms with van der Waals surface area (Å²) >= 11 is 1.40. The predicted molar refractivity (Wildman–Crippen MR) is 114 cm³/mol. The van der Waals surface area contributed by atoms with Crippen molar-refractivity contribution in [2.75, 3.05) is 27.4 Å². The highest BCUT2D eigenvalue weighted by atomic mass is 32.1. The van der Waals surface area contributed by atoms with Gasteiger partial charge in [-0.25, -0.2) is 4.98 Å². The minimum atomic E-state index is -0.0974. The first kappa shape index (κ1) is 20.0. The van der Waals surface area contributed by atoms with Crippen molar-refractivity contribution in [2.45, 2.75) is 6.42 Å². The number of methoxy groups -OCH3 is 1. The van der Waals surface area contributed by atoms with E-state index in [1.807, 2.05) is 41.5 Å². The van der Waals surface area contributed by atoms with Crippen molar-refractivity contribution in [1.82, 2.24) is 29.6 Å². The number of carbonyl (C=O) groups is 1. The number of carbonyl (C=O) groups excluding carboxylic acids is 1. The second-order valence-corrected chi connectivity index (χ2v) is 7.56. The van der Waals surface area contributed by atoms with Crippen LogP contribution in [0.1, 0.15) is 21.1 Å². The van der Waals surface area contributed by atoms with E-state index in [9.17, 15) is 4.79 Å². The summed E-state index contributed by atoms with van der Waals surface area (Å²) in [4.78, 5) is 21.9. The van der Waals surface area contributed by atoms with Crippen LogP contribution in [0.5, 0.6) is 5.88 Å². The molecule has 30 heavy (non-hydrogen) atoms. The Balaban J connectivity index is 1.71. The van der Waals surface area contributed by atoms with Crippen LogP contribution in [0, 0.1) is 0 Å². The lowest BCUT2D eigenvalue weighted by molar-refractivity contribution is 0.0967. The number of nitrogens with zero attached hydrogens (tertiary/aromatic N) is 5.